The first-order valence-corrected chi connectivity index (χ1v) is 6.65. The fraction of sp³-hybridized carbons (Fsp3) is 0.188. The summed E-state index contributed by atoms with van der Waals surface area (Å²) in [5, 5.41) is 0. The van der Waals surface area contributed by atoms with Crippen molar-refractivity contribution in [3.63, 3.8) is 0 Å². The number of aryl methyl sites for hydroxylation is 1. The zero-order valence-electron chi connectivity index (χ0n) is 11.7. The number of benzene rings is 2. The van der Waals surface area contributed by atoms with Gasteiger partial charge in [0.2, 0.25) is 0 Å². The molecule has 0 aliphatic heterocycles. The van der Waals surface area contributed by atoms with Crippen LogP contribution in [-0.4, -0.2) is 5.91 Å². The minimum absolute atomic E-state index is 0.0446. The number of carbonyl (C=O) groups is 1. The van der Waals surface area contributed by atoms with Crippen LogP contribution in [0.4, 0.5) is 4.39 Å². The molecule has 0 unspecified atom stereocenters. The quantitative estimate of drug-likeness (QED) is 0.505. The average molecular weight is 288 g/mol. The molecule has 0 fully saturated rings. The largest absolute Gasteiger partial charge is 0.489 e. The Balaban J connectivity index is 2.09. The Hall–Kier alpha value is -2.40. The first kappa shape index (κ1) is 15.0. The lowest BCUT2D eigenvalue weighted by atomic mass is 10.1. The van der Waals surface area contributed by atoms with E-state index in [0.717, 1.165) is 6.42 Å². The average Bonchev–Trinajstić information content (AvgIpc) is 2.53. The standard InChI is InChI=1S/C16H17FN2O2/c1-2-11-3-6-14(7-4-11)21-10-13-9-12(16(20)19-18)5-8-15(13)17/h3-9H,2,10,18H2,1H3,(H,19,20). The summed E-state index contributed by atoms with van der Waals surface area (Å²) in [6.07, 6.45) is 0.950. The van der Waals surface area contributed by atoms with Gasteiger partial charge in [-0.1, -0.05) is 19.1 Å². The highest BCUT2D eigenvalue weighted by molar-refractivity contribution is 5.93. The lowest BCUT2D eigenvalue weighted by molar-refractivity contribution is 0.0953. The molecule has 2 rings (SSSR count). The molecule has 0 radical (unpaired) electrons. The SMILES string of the molecule is CCc1ccc(OCc2cc(C(=O)NN)ccc2F)cc1. The van der Waals surface area contributed by atoms with Crippen molar-refractivity contribution in [1.82, 2.24) is 5.43 Å². The predicted octanol–water partition coefficient (Wildman–Crippen LogP) is 2.57. The monoisotopic (exact) mass is 288 g/mol. The molecule has 0 aromatic heterocycles. The molecule has 3 N–H and O–H groups in total. The predicted molar refractivity (Wildman–Crippen MR) is 78.2 cm³/mol. The molecular formula is C16H17FN2O2. The van der Waals surface area contributed by atoms with Gasteiger partial charge < -0.3 is 4.74 Å². The van der Waals surface area contributed by atoms with Crippen molar-refractivity contribution in [1.29, 1.82) is 0 Å². The van der Waals surface area contributed by atoms with Crippen LogP contribution >= 0.6 is 0 Å². The summed E-state index contributed by atoms with van der Waals surface area (Å²) in [5.74, 6) is 4.82. The van der Waals surface area contributed by atoms with Crippen molar-refractivity contribution in [2.24, 2.45) is 5.84 Å². The third kappa shape index (κ3) is 3.79. The van der Waals surface area contributed by atoms with Crippen LogP contribution in [0.5, 0.6) is 5.75 Å². The molecule has 0 atom stereocenters. The third-order valence-corrected chi connectivity index (χ3v) is 3.16. The van der Waals surface area contributed by atoms with Gasteiger partial charge in [-0.15, -0.1) is 0 Å². The van der Waals surface area contributed by atoms with Crippen LogP contribution in [0.2, 0.25) is 0 Å². The van der Waals surface area contributed by atoms with Gasteiger partial charge in [-0.3, -0.25) is 10.2 Å². The van der Waals surface area contributed by atoms with Crippen molar-refractivity contribution in [2.45, 2.75) is 20.0 Å². The van der Waals surface area contributed by atoms with E-state index in [9.17, 15) is 9.18 Å². The van der Waals surface area contributed by atoms with Crippen LogP contribution in [0.25, 0.3) is 0 Å². The number of carbonyl (C=O) groups excluding carboxylic acids is 1. The minimum atomic E-state index is -0.469. The summed E-state index contributed by atoms with van der Waals surface area (Å²) in [4.78, 5) is 11.4. The fourth-order valence-electron chi connectivity index (χ4n) is 1.89. The van der Waals surface area contributed by atoms with Crippen molar-refractivity contribution in [3.05, 3.63) is 65.0 Å². The number of ether oxygens (including phenoxy) is 1. The summed E-state index contributed by atoms with van der Waals surface area (Å²) < 4.78 is 19.3. The summed E-state index contributed by atoms with van der Waals surface area (Å²) in [6, 6.07) is 11.6. The Labute approximate surface area is 122 Å². The lowest BCUT2D eigenvalue weighted by Gasteiger charge is -2.09. The van der Waals surface area contributed by atoms with E-state index in [1.165, 1.54) is 23.8 Å². The van der Waals surface area contributed by atoms with Gasteiger partial charge in [0.1, 0.15) is 18.2 Å². The Bertz CT molecular complexity index is 627. The summed E-state index contributed by atoms with van der Waals surface area (Å²) in [6.45, 7) is 2.11. The maximum Gasteiger partial charge on any atom is 0.265 e. The summed E-state index contributed by atoms with van der Waals surface area (Å²) >= 11 is 0. The van der Waals surface area contributed by atoms with Crippen LogP contribution in [0, 0.1) is 5.82 Å². The molecule has 2 aromatic carbocycles. The fourth-order valence-corrected chi connectivity index (χ4v) is 1.89. The highest BCUT2D eigenvalue weighted by atomic mass is 19.1. The van der Waals surface area contributed by atoms with Gasteiger partial charge in [0, 0.05) is 11.1 Å². The Kier molecular flexibility index (Phi) is 4.90. The Morgan fingerprint density at radius 2 is 1.95 bits per heavy atom. The van der Waals surface area contributed by atoms with Crippen LogP contribution in [-0.2, 0) is 13.0 Å². The van der Waals surface area contributed by atoms with E-state index in [1.807, 2.05) is 29.7 Å². The van der Waals surface area contributed by atoms with Crippen LogP contribution in [0.3, 0.4) is 0 Å². The number of hydrogen-bond donors (Lipinski definition) is 2. The van der Waals surface area contributed by atoms with Crippen molar-refractivity contribution >= 4 is 5.91 Å². The van der Waals surface area contributed by atoms with E-state index in [4.69, 9.17) is 10.6 Å². The molecule has 0 aliphatic rings. The molecule has 5 heteroatoms. The molecule has 0 saturated carbocycles. The second-order valence-electron chi connectivity index (χ2n) is 4.57. The number of halogens is 1. The van der Waals surface area contributed by atoms with E-state index in [2.05, 4.69) is 6.92 Å². The normalized spacial score (nSPS) is 10.2. The van der Waals surface area contributed by atoms with Crippen LogP contribution in [0.1, 0.15) is 28.4 Å². The maximum atomic E-state index is 13.7. The minimum Gasteiger partial charge on any atom is -0.489 e. The number of hydrazine groups is 1. The van der Waals surface area contributed by atoms with Gasteiger partial charge in [0.05, 0.1) is 0 Å². The van der Waals surface area contributed by atoms with Gasteiger partial charge in [-0.25, -0.2) is 10.2 Å². The second-order valence-corrected chi connectivity index (χ2v) is 4.57. The van der Waals surface area contributed by atoms with E-state index in [1.54, 1.807) is 0 Å². The molecule has 0 saturated heterocycles. The van der Waals surface area contributed by atoms with Gasteiger partial charge in [0.15, 0.2) is 0 Å². The molecule has 0 heterocycles. The molecule has 2 aromatic rings. The van der Waals surface area contributed by atoms with E-state index in [0.29, 0.717) is 16.9 Å². The number of amides is 1. The molecule has 0 bridgehead atoms. The highest BCUT2D eigenvalue weighted by Gasteiger charge is 2.09. The van der Waals surface area contributed by atoms with Gasteiger partial charge in [0.25, 0.3) is 5.91 Å². The van der Waals surface area contributed by atoms with Crippen molar-refractivity contribution in [3.8, 4) is 5.75 Å². The number of hydrogen-bond acceptors (Lipinski definition) is 3. The molecular weight excluding hydrogens is 271 g/mol. The van der Waals surface area contributed by atoms with E-state index >= 15 is 0 Å². The van der Waals surface area contributed by atoms with E-state index < -0.39 is 11.7 Å². The van der Waals surface area contributed by atoms with Gasteiger partial charge in [-0.05, 0) is 42.3 Å². The lowest BCUT2D eigenvalue weighted by Crippen LogP contribution is -2.30. The van der Waals surface area contributed by atoms with Gasteiger partial charge in [-0.2, -0.15) is 0 Å². The first-order valence-electron chi connectivity index (χ1n) is 6.65. The maximum absolute atomic E-state index is 13.7. The molecule has 4 nitrogen and oxygen atoms in total. The molecule has 1 amide bonds. The number of rotatable bonds is 5. The van der Waals surface area contributed by atoms with E-state index in [-0.39, 0.29) is 6.61 Å². The number of nitrogens with two attached hydrogens (primary N) is 1. The molecule has 0 spiro atoms. The molecule has 0 aliphatic carbocycles. The molecule has 110 valence electrons. The summed E-state index contributed by atoms with van der Waals surface area (Å²) in [5.41, 5.74) is 3.81. The smallest absolute Gasteiger partial charge is 0.265 e. The first-order chi connectivity index (χ1) is 10.1. The Morgan fingerprint density at radius 3 is 2.57 bits per heavy atom. The zero-order chi connectivity index (χ0) is 15.2. The van der Waals surface area contributed by atoms with Gasteiger partial charge >= 0.3 is 0 Å². The highest BCUT2D eigenvalue weighted by Crippen LogP contribution is 2.17. The summed E-state index contributed by atoms with van der Waals surface area (Å²) in [7, 11) is 0. The van der Waals surface area contributed by atoms with Crippen molar-refractivity contribution < 1.29 is 13.9 Å². The van der Waals surface area contributed by atoms with Crippen LogP contribution in [0.15, 0.2) is 42.5 Å². The van der Waals surface area contributed by atoms with Crippen LogP contribution < -0.4 is 16.0 Å². The Morgan fingerprint density at radius 1 is 1.24 bits per heavy atom. The number of nitrogens with one attached hydrogen (secondary N) is 1. The number of nitrogen functional groups attached to an aromatic ring is 1. The topological polar surface area (TPSA) is 64.3 Å². The third-order valence-electron chi connectivity index (χ3n) is 3.16. The second kappa shape index (κ2) is 6.85. The molecule has 21 heavy (non-hydrogen) atoms. The van der Waals surface area contributed by atoms with Crippen molar-refractivity contribution in [2.75, 3.05) is 0 Å². The zero-order valence-corrected chi connectivity index (χ0v) is 11.7.